The van der Waals surface area contributed by atoms with Gasteiger partial charge in [0.1, 0.15) is 70.5 Å². The van der Waals surface area contributed by atoms with Crippen LogP contribution in [0.4, 0.5) is 35.1 Å². The predicted octanol–water partition coefficient (Wildman–Crippen LogP) is 15.1. The van der Waals surface area contributed by atoms with Gasteiger partial charge in [-0.3, -0.25) is 13.7 Å². The largest absolute Gasteiger partial charge is 0.355 e. The quantitative estimate of drug-likeness (QED) is 0.0328. The highest BCUT2D eigenvalue weighted by Crippen LogP contribution is 2.58. The lowest BCUT2D eigenvalue weighted by atomic mass is 9.79. The highest BCUT2D eigenvalue weighted by Gasteiger charge is 2.57. The standard InChI is InChI=1S/C66H48F8O6P2/c1-45(78-81(75,60-36-52(67)32-53(68)37-60)61-38-54(69)33-55(70)39-61)64(80-82(76,62-40-56(71)34-57(72)41-62)63-42-58(73)35-59(74)43-63,79-66(49-26-14-5-15-27-49,50-28-16-6-17-29-50)51-30-18-7-19-31-51)44-77-65(46-20-8-2-9-21-46,47-22-10-3-11-23-47)48-24-12-4-13-25-48/h2-43,45H,44H2,1H3/t45-,64-/m1/s1. The third-order valence-corrected chi connectivity index (χ3v) is 18.8. The van der Waals surface area contributed by atoms with Crippen LogP contribution in [0.2, 0.25) is 0 Å². The molecule has 0 fully saturated rings. The Bertz CT molecular complexity index is 3560. The Labute approximate surface area is 468 Å². The number of benzene rings is 10. The van der Waals surface area contributed by atoms with Gasteiger partial charge in [-0.1, -0.05) is 182 Å². The van der Waals surface area contributed by atoms with Crippen molar-refractivity contribution in [3.05, 3.63) is 335 Å². The van der Waals surface area contributed by atoms with Gasteiger partial charge in [-0.15, -0.1) is 0 Å². The van der Waals surface area contributed by atoms with Crippen LogP contribution in [0.25, 0.3) is 0 Å². The molecule has 2 atom stereocenters. The summed E-state index contributed by atoms with van der Waals surface area (Å²) in [6.45, 7) is 0.0423. The van der Waals surface area contributed by atoms with E-state index in [1.54, 1.807) is 182 Å². The summed E-state index contributed by atoms with van der Waals surface area (Å²) in [6, 6.07) is 58.5. The maximum absolute atomic E-state index is 17.1. The molecule has 0 unspecified atom stereocenters. The van der Waals surface area contributed by atoms with Gasteiger partial charge in [0.2, 0.25) is 5.79 Å². The summed E-state index contributed by atoms with van der Waals surface area (Å²) in [5.74, 6) is -13.6. The number of rotatable bonds is 20. The van der Waals surface area contributed by atoms with Crippen LogP contribution < -0.4 is 21.2 Å². The zero-order valence-corrected chi connectivity index (χ0v) is 45.2. The average molecular weight is 1150 g/mol. The van der Waals surface area contributed by atoms with E-state index in [9.17, 15) is 0 Å². The Kier molecular flexibility index (Phi) is 16.6. The Hall–Kier alpha value is -8.06. The lowest BCUT2D eigenvalue weighted by Crippen LogP contribution is -2.58. The lowest BCUT2D eigenvalue weighted by molar-refractivity contribution is -0.293. The summed E-state index contributed by atoms with van der Waals surface area (Å²) in [7, 11) is -11.1. The molecule has 0 N–H and O–H groups in total. The molecule has 0 aromatic heterocycles. The minimum absolute atomic E-state index is 0.305. The van der Waals surface area contributed by atoms with Gasteiger partial charge >= 0.3 is 0 Å². The van der Waals surface area contributed by atoms with E-state index in [-0.39, 0.29) is 0 Å². The van der Waals surface area contributed by atoms with Crippen LogP contribution in [0.3, 0.4) is 0 Å². The Morgan fingerprint density at radius 1 is 0.341 bits per heavy atom. The van der Waals surface area contributed by atoms with Gasteiger partial charge in [-0.25, -0.2) is 35.1 Å². The van der Waals surface area contributed by atoms with Gasteiger partial charge < -0.3 is 14.0 Å². The zero-order valence-electron chi connectivity index (χ0n) is 43.4. The first-order valence-electron chi connectivity index (χ1n) is 25.6. The lowest BCUT2D eigenvalue weighted by Gasteiger charge is -2.49. The summed E-state index contributed by atoms with van der Waals surface area (Å²) in [5, 5.41) is -3.23. The second-order valence-corrected chi connectivity index (χ2v) is 23.9. The summed E-state index contributed by atoms with van der Waals surface area (Å²) in [4.78, 5) is 0. The zero-order chi connectivity index (χ0) is 57.7. The van der Waals surface area contributed by atoms with Crippen molar-refractivity contribution in [1.82, 2.24) is 0 Å². The molecule has 82 heavy (non-hydrogen) atoms. The molecule has 10 rings (SSSR count). The van der Waals surface area contributed by atoms with Crippen LogP contribution in [0.5, 0.6) is 0 Å². The number of hydrogen-bond donors (Lipinski definition) is 0. The maximum Gasteiger partial charge on any atom is 0.264 e. The van der Waals surface area contributed by atoms with E-state index in [4.69, 9.17) is 18.5 Å². The molecule has 0 heterocycles. The first-order chi connectivity index (χ1) is 39.5. The molecule has 0 radical (unpaired) electrons. The van der Waals surface area contributed by atoms with Crippen molar-refractivity contribution in [2.24, 2.45) is 0 Å². The van der Waals surface area contributed by atoms with Crippen LogP contribution >= 0.6 is 14.7 Å². The molecule has 0 amide bonds. The maximum atomic E-state index is 17.1. The molecule has 0 saturated carbocycles. The molecular weight excluding hydrogens is 1100 g/mol. The summed E-state index contributed by atoms with van der Waals surface area (Å²) < 4.78 is 190. The first kappa shape index (κ1) is 57.2. The fourth-order valence-electron chi connectivity index (χ4n) is 10.2. The van der Waals surface area contributed by atoms with Crippen LogP contribution in [0, 0.1) is 46.5 Å². The number of halogens is 8. The van der Waals surface area contributed by atoms with Gasteiger partial charge in [-0.05, 0) is 88.8 Å². The number of hydrogen-bond acceptors (Lipinski definition) is 6. The molecule has 0 aliphatic rings. The molecule has 16 heteroatoms. The van der Waals surface area contributed by atoms with Crippen LogP contribution in [-0.4, -0.2) is 18.5 Å². The van der Waals surface area contributed by atoms with Crippen molar-refractivity contribution in [3.8, 4) is 0 Å². The molecule has 0 saturated heterocycles. The van der Waals surface area contributed by atoms with E-state index in [1.807, 2.05) is 0 Å². The monoisotopic (exact) mass is 1150 g/mol. The van der Waals surface area contributed by atoms with Crippen LogP contribution in [0.1, 0.15) is 40.3 Å². The molecule has 0 bridgehead atoms. The van der Waals surface area contributed by atoms with Gasteiger partial charge in [-0.2, -0.15) is 0 Å². The van der Waals surface area contributed by atoms with E-state index >= 15 is 44.3 Å². The molecule has 0 spiro atoms. The van der Waals surface area contributed by atoms with Crippen molar-refractivity contribution >= 4 is 36.0 Å². The first-order valence-corrected chi connectivity index (χ1v) is 28.8. The Morgan fingerprint density at radius 3 is 0.829 bits per heavy atom. The normalized spacial score (nSPS) is 13.3. The highest BCUT2D eigenvalue weighted by atomic mass is 31.2. The fourth-order valence-corrected chi connectivity index (χ4v) is 14.8. The van der Waals surface area contributed by atoms with Gasteiger partial charge in [0.15, 0.2) is 0 Å². The van der Waals surface area contributed by atoms with E-state index in [1.165, 1.54) is 6.92 Å². The third-order valence-electron chi connectivity index (χ3n) is 13.9. The van der Waals surface area contributed by atoms with E-state index in [2.05, 4.69) is 0 Å². The molecular formula is C66H48F8O6P2. The second kappa shape index (κ2) is 23.8. The SMILES string of the molecule is C[C@@H](OP(=O)(c1cc(F)cc(F)c1)c1cc(F)cc(F)c1)[C@](COC(c1ccccc1)(c1ccccc1)c1ccccc1)(OC(c1ccccc1)(c1ccccc1)c1ccccc1)OP(=O)(c1cc(F)cc(F)c1)c1cc(F)cc(F)c1. The third kappa shape index (κ3) is 11.4. The molecule has 10 aromatic carbocycles. The summed E-state index contributed by atoms with van der Waals surface area (Å²) in [6.07, 6.45) is -2.25. The van der Waals surface area contributed by atoms with Crippen molar-refractivity contribution in [1.29, 1.82) is 0 Å². The summed E-state index contributed by atoms with van der Waals surface area (Å²) in [5.41, 5.74) is -1.67. The van der Waals surface area contributed by atoms with Gasteiger partial charge in [0.05, 0.1) is 0 Å². The highest BCUT2D eigenvalue weighted by molar-refractivity contribution is 7.74. The van der Waals surface area contributed by atoms with Crippen molar-refractivity contribution < 1.29 is 62.8 Å². The smallest absolute Gasteiger partial charge is 0.264 e. The van der Waals surface area contributed by atoms with Crippen molar-refractivity contribution in [3.63, 3.8) is 0 Å². The van der Waals surface area contributed by atoms with E-state index in [0.717, 1.165) is 0 Å². The van der Waals surface area contributed by atoms with Crippen LogP contribution in [-0.2, 0) is 38.9 Å². The topological polar surface area (TPSA) is 71.1 Å². The minimum atomic E-state index is -5.68. The van der Waals surface area contributed by atoms with Crippen molar-refractivity contribution in [2.75, 3.05) is 6.61 Å². The minimum Gasteiger partial charge on any atom is -0.355 e. The molecule has 6 nitrogen and oxygen atoms in total. The average Bonchev–Trinajstić information content (AvgIpc) is 1.20. The van der Waals surface area contributed by atoms with Crippen molar-refractivity contribution in [2.45, 2.75) is 30.0 Å². The number of ether oxygens (including phenoxy) is 2. The van der Waals surface area contributed by atoms with E-state index in [0.29, 0.717) is 106 Å². The summed E-state index contributed by atoms with van der Waals surface area (Å²) >= 11 is 0. The van der Waals surface area contributed by atoms with Gasteiger partial charge in [0, 0.05) is 45.5 Å². The Balaban J connectivity index is 1.38. The Morgan fingerprint density at radius 2 is 0.573 bits per heavy atom. The second-order valence-electron chi connectivity index (χ2n) is 19.2. The van der Waals surface area contributed by atoms with Gasteiger partial charge in [0.25, 0.3) is 14.7 Å². The van der Waals surface area contributed by atoms with Crippen LogP contribution in [0.15, 0.2) is 255 Å². The fraction of sp³-hybridized carbons (Fsp3) is 0.0909. The molecule has 0 aliphatic carbocycles. The molecule has 414 valence electrons. The predicted molar refractivity (Wildman–Crippen MR) is 299 cm³/mol. The molecule has 0 aliphatic heterocycles. The van der Waals surface area contributed by atoms with E-state index < -0.39 is 112 Å². The molecule has 10 aromatic rings.